The van der Waals surface area contributed by atoms with Crippen LogP contribution < -0.4 is 63.8 Å². The summed E-state index contributed by atoms with van der Waals surface area (Å²) in [5.41, 5.74) is 2.34. The monoisotopic (exact) mass is 2010 g/mol. The number of esters is 4. The zero-order valence-corrected chi connectivity index (χ0v) is 83.8. The van der Waals surface area contributed by atoms with Gasteiger partial charge in [0.2, 0.25) is 23.6 Å². The van der Waals surface area contributed by atoms with E-state index in [-0.39, 0.29) is 140 Å². The number of nitrogens with zero attached hydrogens (tertiary/aromatic N) is 4. The average molecular weight is 2010 g/mol. The van der Waals surface area contributed by atoms with Gasteiger partial charge in [0.05, 0.1) is 74.6 Å². The lowest BCUT2D eigenvalue weighted by molar-refractivity contribution is -0.152. The van der Waals surface area contributed by atoms with Gasteiger partial charge < -0.3 is 82.7 Å². The van der Waals surface area contributed by atoms with Crippen LogP contribution in [-0.2, 0) is 103 Å². The Kier molecular flexibility index (Phi) is 52.3. The standard InChI is InChI=1S/3C23H30N4O5S2.C22H28N4O5S2/c1-4-16-21(29)27-17(5-2)23(31)32-15(8-6-7-11-33)12-19(28)24-13-14-9-10-18(34-3)20(25-14)22(30)26-16;1-4-15-21(29)27-16(5-2)23(31)32-14(8-6-7-11-33)12-20(28)24-13-18-19(34-3)10-9-17(25-18)22(30)26-15;1-4-17-21(29)27-18(5-2)23(31)32-15(8-6-7-9-33)11-20(28)24-13-14-10-16(34-3)12-19(25-14)22(30)26-17;1-4-16-20(28)24-13(2)22(30)31-15(7-5-6-10-32)11-18(27)23-12-14-8-9-17(33-3)19(25-14)21(29)26-16/h4,6,8-10,15,17,33H,5,7,11-13H2,1-3H3,(H,24,28)(H,26,30)(H,27,29);4,6,8-10,14,16,33H,5,7,11-13H2,1-3H3,(H,24,28)(H,26,30)(H,27,29);4,6,8,10,12,15,18,33H,5,7,9,11,13H2,1-3H3,(H,24,28)(H,26,30)(H,27,29);4-5,7-9,13,15,32H,6,10-12H2,1-3H3,(H,23,27)(H,24,28)(H,26,29)/b8-6+,16-4-;8-6+,15-4-;8-6+,17-4-;7-5+,16-4-/t15-,17+;14-,16+;15-,18+;13-,15+/m1110/s1. The van der Waals surface area contributed by atoms with Gasteiger partial charge in [-0.3, -0.25) is 57.5 Å². The molecule has 8 bridgehead atoms. The van der Waals surface area contributed by atoms with Crippen LogP contribution in [0.3, 0.4) is 0 Å². The minimum atomic E-state index is -1.01. The number of nitrogens with one attached hydrogen (secondary N) is 12. The number of cyclic esters (lactones) is 4. The van der Waals surface area contributed by atoms with Crippen LogP contribution in [0.1, 0.15) is 191 Å². The Bertz CT molecular complexity index is 5140. The van der Waals surface area contributed by atoms with Gasteiger partial charge in [-0.2, -0.15) is 50.5 Å². The molecule has 36 nitrogen and oxygen atoms in total. The molecule has 4 aromatic heterocycles. The van der Waals surface area contributed by atoms with Crippen molar-refractivity contribution >= 4 is 192 Å². The molecule has 0 unspecified atom stereocenters. The predicted molar refractivity (Wildman–Crippen MR) is 529 cm³/mol. The second kappa shape index (κ2) is 61.8. The lowest BCUT2D eigenvalue weighted by atomic mass is 10.1. The van der Waals surface area contributed by atoms with Crippen molar-refractivity contribution in [1.82, 2.24) is 83.7 Å². The number of hydrogen-bond acceptors (Lipinski definition) is 32. The van der Waals surface area contributed by atoms with Gasteiger partial charge in [-0.05, 0) is 200 Å². The van der Waals surface area contributed by atoms with Crippen LogP contribution >= 0.6 is 97.6 Å². The number of thiol groups is 4. The summed E-state index contributed by atoms with van der Waals surface area (Å²) in [5, 5.41) is 31.5. The fourth-order valence-corrected chi connectivity index (χ4v) is 14.7. The van der Waals surface area contributed by atoms with Crippen LogP contribution in [0.2, 0.25) is 0 Å². The number of rotatable bonds is 19. The molecule has 0 aromatic carbocycles. The van der Waals surface area contributed by atoms with Gasteiger partial charge in [0.15, 0.2) is 0 Å². The van der Waals surface area contributed by atoms with Crippen LogP contribution in [0.15, 0.2) is 164 Å². The predicted octanol–water partition coefficient (Wildman–Crippen LogP) is 8.17. The number of aromatic nitrogens is 4. The second-order valence-electron chi connectivity index (χ2n) is 29.1. The van der Waals surface area contributed by atoms with E-state index in [1.165, 1.54) is 78.3 Å². The molecule has 0 radical (unpaired) electrons. The molecule has 0 saturated heterocycles. The van der Waals surface area contributed by atoms with E-state index in [0.717, 1.165) is 9.79 Å². The molecule has 0 aliphatic carbocycles. The van der Waals surface area contributed by atoms with E-state index in [2.05, 4.69) is 134 Å². The highest BCUT2D eigenvalue weighted by atomic mass is 32.2. The van der Waals surface area contributed by atoms with E-state index in [9.17, 15) is 76.7 Å². The third kappa shape index (κ3) is 39.2. The molecule has 4 aliphatic rings. The van der Waals surface area contributed by atoms with E-state index < -0.39 is 120 Å². The molecule has 8 heterocycles. The summed E-state index contributed by atoms with van der Waals surface area (Å²) < 4.78 is 22.1. The molecule has 44 heteroatoms. The summed E-state index contributed by atoms with van der Waals surface area (Å²) in [6.45, 7) is 13.4. The second-order valence-corrected chi connectivity index (χ2v) is 34.4. The van der Waals surface area contributed by atoms with Crippen molar-refractivity contribution in [1.29, 1.82) is 0 Å². The van der Waals surface area contributed by atoms with Crippen LogP contribution in [0.5, 0.6) is 0 Å². The molecule has 0 fully saturated rings. The first-order valence-corrected chi connectivity index (χ1v) is 50.5. The number of thioether (sulfide) groups is 4. The summed E-state index contributed by atoms with van der Waals surface area (Å²) >= 11 is 22.1. The minimum absolute atomic E-state index is 0.0128. The lowest BCUT2D eigenvalue weighted by Crippen LogP contribution is -2.46. The number of amides is 12. The van der Waals surface area contributed by atoms with Gasteiger partial charge in [-0.1, -0.05) is 69.4 Å². The van der Waals surface area contributed by atoms with Gasteiger partial charge in [0.25, 0.3) is 47.3 Å². The molecular formula is C91H118N16O20S8. The van der Waals surface area contributed by atoms with Crippen molar-refractivity contribution in [3.05, 3.63) is 190 Å². The number of carbonyl (C=O) groups is 16. The summed E-state index contributed by atoms with van der Waals surface area (Å²) in [5.74, 6) is -6.56. The quantitative estimate of drug-likeness (QED) is 0.0105. The van der Waals surface area contributed by atoms with Crippen molar-refractivity contribution in [3.63, 3.8) is 0 Å². The van der Waals surface area contributed by atoms with E-state index >= 15 is 0 Å². The van der Waals surface area contributed by atoms with Gasteiger partial charge in [0.1, 0.15) is 94.1 Å². The van der Waals surface area contributed by atoms with Crippen LogP contribution in [0, 0.1) is 0 Å². The zero-order valence-electron chi connectivity index (χ0n) is 77.0. The van der Waals surface area contributed by atoms with E-state index in [1.807, 2.05) is 18.8 Å². The normalized spacial score (nSPS) is 21.8. The molecule has 4 aromatic rings. The smallest absolute Gasteiger partial charge is 0.329 e. The summed E-state index contributed by atoms with van der Waals surface area (Å²) in [6, 6.07) is 9.68. The Morgan fingerprint density at radius 2 is 0.674 bits per heavy atom. The summed E-state index contributed by atoms with van der Waals surface area (Å²) in [7, 11) is 0. The van der Waals surface area contributed by atoms with Crippen molar-refractivity contribution in [2.45, 2.75) is 220 Å². The molecule has 0 saturated carbocycles. The van der Waals surface area contributed by atoms with Gasteiger partial charge in [-0.25, -0.2) is 39.1 Å². The number of hydrogen-bond donors (Lipinski definition) is 16. The van der Waals surface area contributed by atoms with Crippen molar-refractivity contribution in [2.75, 3.05) is 48.0 Å². The van der Waals surface area contributed by atoms with Gasteiger partial charge in [0, 0.05) is 19.6 Å². The van der Waals surface area contributed by atoms with Crippen LogP contribution in [0.25, 0.3) is 0 Å². The summed E-state index contributed by atoms with van der Waals surface area (Å²) in [4.78, 5) is 224. The molecule has 4 aliphatic heterocycles. The fraction of sp³-hybridized carbons (Fsp3) is 0.429. The molecule has 0 spiro atoms. The Balaban J connectivity index is 0.000000318. The van der Waals surface area contributed by atoms with E-state index in [0.29, 0.717) is 81.3 Å². The molecule has 730 valence electrons. The lowest BCUT2D eigenvalue weighted by Gasteiger charge is -2.21. The largest absolute Gasteiger partial charge is 0.456 e. The summed E-state index contributed by atoms with van der Waals surface area (Å²) in [6.07, 6.45) is 26.5. The molecule has 135 heavy (non-hydrogen) atoms. The maximum absolute atomic E-state index is 12.9. The Hall–Kier alpha value is -11.2. The number of carbonyl (C=O) groups excluding carboxylic acids is 16. The number of ether oxygens (including phenoxy) is 4. The topological polar surface area (TPSA) is 506 Å². The van der Waals surface area contributed by atoms with Crippen LogP contribution in [-0.4, -0.2) is 211 Å². The van der Waals surface area contributed by atoms with Crippen LogP contribution in [0.4, 0.5) is 0 Å². The van der Waals surface area contributed by atoms with E-state index in [1.54, 1.807) is 152 Å². The SMILES string of the molecule is C/C=C1\NC(=O)c2cc(SC)cc(n2)CNC(=O)C[C@@H](/C=C/CCS)OC(=O)[C@H](CC)NC1=O.C/C=C1\NC(=O)c2ccc(SC)c(n2)CNC(=O)C[C@@H](/C=C/CCS)OC(=O)[C@H](CC)NC1=O.C/C=C1\NC(=O)c2nc(ccc2SC)CNC(=O)C[C@@H](/C=C/CCS)OC(=O)[C@H](C)NC1=O.C/C=C1\NC(=O)c2nc(ccc2SC)CNC(=O)C[C@@H](/C=C/CCS)OC(=O)[C@H](CC)NC1=O. The molecule has 8 rings (SSSR count). The van der Waals surface area contributed by atoms with Gasteiger partial charge >= 0.3 is 23.9 Å². The van der Waals surface area contributed by atoms with E-state index in [4.69, 9.17) is 18.9 Å². The van der Waals surface area contributed by atoms with Crippen molar-refractivity contribution in [2.24, 2.45) is 0 Å². The fourth-order valence-electron chi connectivity index (χ4n) is 12.0. The number of pyridine rings is 4. The third-order valence-corrected chi connectivity index (χ3v) is 23.4. The van der Waals surface area contributed by atoms with Crippen molar-refractivity contribution < 1.29 is 95.7 Å². The first-order chi connectivity index (χ1) is 64.7. The first kappa shape index (κ1) is 114. The van der Waals surface area contributed by atoms with Gasteiger partial charge in [-0.15, -0.1) is 47.0 Å². The maximum Gasteiger partial charge on any atom is 0.329 e. The Morgan fingerprint density at radius 3 is 1.01 bits per heavy atom. The van der Waals surface area contributed by atoms with Crippen molar-refractivity contribution in [3.8, 4) is 0 Å². The first-order valence-electron chi connectivity index (χ1n) is 43.0. The molecular weight excluding hydrogens is 1890 g/mol. The molecule has 12 amide bonds. The Morgan fingerprint density at radius 1 is 0.356 bits per heavy atom. The zero-order chi connectivity index (χ0) is 99.6. The Labute approximate surface area is 824 Å². The average Bonchev–Trinajstić information content (AvgIpc) is 0.841. The maximum atomic E-state index is 12.9. The molecule has 12 N–H and O–H groups in total. The third-order valence-electron chi connectivity index (χ3n) is 19.3. The highest BCUT2D eigenvalue weighted by molar-refractivity contribution is 7.99. The highest BCUT2D eigenvalue weighted by Gasteiger charge is 2.33. The highest BCUT2D eigenvalue weighted by Crippen LogP contribution is 2.25. The molecule has 8 atom stereocenters. The number of allylic oxidation sites excluding steroid dienone is 8. The number of fused-ring (bicyclic) bond motifs is 8. The minimum Gasteiger partial charge on any atom is -0.456 e.